The number of hydrogen-bond acceptors (Lipinski definition) is 2. The fourth-order valence-corrected chi connectivity index (χ4v) is 5.60. The Bertz CT molecular complexity index is 1860. The molecule has 0 fully saturated rings. The quantitative estimate of drug-likeness (QED) is 0.232. The Morgan fingerprint density at radius 2 is 1.49 bits per heavy atom. The lowest BCUT2D eigenvalue weighted by Crippen LogP contribution is -2.13. The lowest BCUT2D eigenvalue weighted by molar-refractivity contribution is -0.137. The minimum absolute atomic E-state index is 0.266. The van der Waals surface area contributed by atoms with Crippen molar-refractivity contribution in [1.82, 2.24) is 9.97 Å². The smallest absolute Gasteiger partial charge is 0.374 e. The van der Waals surface area contributed by atoms with Crippen molar-refractivity contribution in [2.75, 3.05) is 5.32 Å². The van der Waals surface area contributed by atoms with Gasteiger partial charge in [0.05, 0.1) is 28.3 Å². The molecule has 0 spiro atoms. The largest absolute Gasteiger partial charge is 0.416 e. The van der Waals surface area contributed by atoms with Crippen molar-refractivity contribution in [1.29, 1.82) is 0 Å². The number of pyridine rings is 1. The molecule has 0 saturated carbocycles. The summed E-state index contributed by atoms with van der Waals surface area (Å²) in [6.45, 7) is 0. The molecule has 7 rings (SSSR count). The van der Waals surface area contributed by atoms with Gasteiger partial charge in [-0.15, -0.1) is 0 Å². The Hall–Kier alpha value is -3.74. The van der Waals surface area contributed by atoms with E-state index in [0.717, 1.165) is 44.6 Å². The summed E-state index contributed by atoms with van der Waals surface area (Å²) in [7, 11) is 0. The van der Waals surface area contributed by atoms with Gasteiger partial charge >= 0.3 is 6.18 Å². The van der Waals surface area contributed by atoms with Crippen molar-refractivity contribution >= 4 is 61.6 Å². The second-order valence-corrected chi connectivity index (χ2v) is 10.0. The monoisotopic (exact) mass is 533 g/mol. The molecular weight excluding hydrogens is 518 g/mol. The Balaban J connectivity index is 1.65. The highest BCUT2D eigenvalue weighted by Gasteiger charge is 2.34. The third-order valence-corrected chi connectivity index (χ3v) is 7.46. The maximum absolute atomic E-state index is 14.0. The average molecular weight is 534 g/mol. The molecular formula is C29H16Cl2F3N3. The first kappa shape index (κ1) is 22.5. The van der Waals surface area contributed by atoms with Gasteiger partial charge in [-0.2, -0.15) is 13.2 Å². The zero-order chi connectivity index (χ0) is 25.5. The van der Waals surface area contributed by atoms with Crippen LogP contribution in [0.5, 0.6) is 0 Å². The van der Waals surface area contributed by atoms with E-state index in [1.54, 1.807) is 24.3 Å². The van der Waals surface area contributed by atoms with Gasteiger partial charge in [-0.25, -0.2) is 4.98 Å². The number of alkyl halides is 3. The van der Waals surface area contributed by atoms with Crippen LogP contribution in [-0.4, -0.2) is 9.97 Å². The van der Waals surface area contributed by atoms with Gasteiger partial charge in [0.25, 0.3) is 0 Å². The first-order valence-corrected chi connectivity index (χ1v) is 12.3. The van der Waals surface area contributed by atoms with Crippen LogP contribution in [0.3, 0.4) is 0 Å². The Morgan fingerprint density at radius 1 is 0.784 bits per heavy atom. The van der Waals surface area contributed by atoms with Crippen molar-refractivity contribution < 1.29 is 13.2 Å². The average Bonchev–Trinajstić information content (AvgIpc) is 3.19. The normalized spacial score (nSPS) is 15.1. The molecule has 182 valence electrons. The number of anilines is 1. The number of benzene rings is 4. The summed E-state index contributed by atoms with van der Waals surface area (Å²) in [6.07, 6.45) is -4.54. The molecule has 0 aliphatic carbocycles. The van der Waals surface area contributed by atoms with Crippen LogP contribution in [0.4, 0.5) is 18.9 Å². The van der Waals surface area contributed by atoms with Gasteiger partial charge in [0.2, 0.25) is 0 Å². The predicted molar refractivity (Wildman–Crippen MR) is 143 cm³/mol. The molecule has 0 bridgehead atoms. The second kappa shape index (κ2) is 7.88. The van der Waals surface area contributed by atoms with Crippen LogP contribution in [0.1, 0.15) is 22.7 Å². The van der Waals surface area contributed by atoms with Gasteiger partial charge in [0, 0.05) is 43.0 Å². The summed E-state index contributed by atoms with van der Waals surface area (Å²) in [6, 6.07) is 22.3. The Morgan fingerprint density at radius 3 is 2.19 bits per heavy atom. The topological polar surface area (TPSA) is 40.7 Å². The summed E-state index contributed by atoms with van der Waals surface area (Å²) in [5, 5.41) is 7.01. The molecule has 0 amide bonds. The van der Waals surface area contributed by atoms with Gasteiger partial charge in [-0.1, -0.05) is 59.6 Å². The molecule has 1 atom stereocenters. The summed E-state index contributed by atoms with van der Waals surface area (Å²) in [5.74, 6) is 0. The van der Waals surface area contributed by atoms with Crippen molar-refractivity contribution in [3.63, 3.8) is 0 Å². The van der Waals surface area contributed by atoms with Gasteiger partial charge in [-0.3, -0.25) is 0 Å². The van der Waals surface area contributed by atoms with Crippen LogP contribution in [0.15, 0.2) is 78.9 Å². The van der Waals surface area contributed by atoms with E-state index in [1.165, 1.54) is 6.07 Å². The van der Waals surface area contributed by atoms with Crippen molar-refractivity contribution in [2.45, 2.75) is 12.2 Å². The summed E-state index contributed by atoms with van der Waals surface area (Å²) in [4.78, 5) is 8.30. The number of hydrogen-bond donors (Lipinski definition) is 2. The molecule has 8 heteroatoms. The molecule has 3 nitrogen and oxygen atoms in total. The number of H-pyrrole nitrogens is 1. The number of aromatic nitrogens is 2. The van der Waals surface area contributed by atoms with Crippen LogP contribution >= 0.6 is 23.2 Å². The standard InChI is InChI=1S/C29H16Cl2F3N3/c30-17-8-4-14(5-9-17)26-19-2-1-3-20-23(19)25-24-21(36-26)12-16(29(32,33)34)13-22(24)37-27(28(25)35-20)15-6-10-18(31)11-7-15/h1-13,26,35-36H. The van der Waals surface area contributed by atoms with Crippen LogP contribution in [0.25, 0.3) is 44.0 Å². The molecule has 0 radical (unpaired) electrons. The first-order chi connectivity index (χ1) is 17.8. The van der Waals surface area contributed by atoms with Crippen molar-refractivity contribution in [3.8, 4) is 11.3 Å². The van der Waals surface area contributed by atoms with E-state index < -0.39 is 17.8 Å². The molecule has 4 aromatic carbocycles. The van der Waals surface area contributed by atoms with E-state index >= 15 is 0 Å². The number of nitrogens with one attached hydrogen (secondary N) is 2. The molecule has 1 aliphatic heterocycles. The summed E-state index contributed by atoms with van der Waals surface area (Å²) >= 11 is 12.3. The van der Waals surface area contributed by atoms with Gasteiger partial charge < -0.3 is 10.3 Å². The minimum atomic E-state index is -4.54. The van der Waals surface area contributed by atoms with Gasteiger partial charge in [0.1, 0.15) is 0 Å². The molecule has 3 heterocycles. The molecule has 2 aromatic heterocycles. The zero-order valence-electron chi connectivity index (χ0n) is 18.9. The second-order valence-electron chi connectivity index (χ2n) is 9.16. The Labute approximate surface area is 218 Å². The van der Waals surface area contributed by atoms with E-state index in [4.69, 9.17) is 28.2 Å². The third-order valence-electron chi connectivity index (χ3n) is 6.95. The predicted octanol–water partition coefficient (Wildman–Crippen LogP) is 9.38. The highest BCUT2D eigenvalue weighted by atomic mass is 35.5. The summed E-state index contributed by atoms with van der Waals surface area (Å²) < 4.78 is 42.1. The lowest BCUT2D eigenvalue weighted by Gasteiger charge is -2.22. The highest BCUT2D eigenvalue weighted by molar-refractivity contribution is 6.31. The van der Waals surface area contributed by atoms with E-state index in [1.807, 2.05) is 42.5 Å². The van der Waals surface area contributed by atoms with Crippen LogP contribution in [0, 0.1) is 0 Å². The maximum atomic E-state index is 14.0. The molecule has 1 aliphatic rings. The molecule has 1 unspecified atom stereocenters. The maximum Gasteiger partial charge on any atom is 0.416 e. The molecule has 2 N–H and O–H groups in total. The SMILES string of the molecule is FC(F)(F)c1cc2c3c(c1)nc(-c1ccc(Cl)cc1)c1[nH]c4cccc(c4c13)C(c1ccc(Cl)cc1)N2. The number of nitrogens with zero attached hydrogens (tertiary/aromatic N) is 1. The van der Waals surface area contributed by atoms with Crippen molar-refractivity contribution in [3.05, 3.63) is 106 Å². The molecule has 6 aromatic rings. The van der Waals surface area contributed by atoms with E-state index in [9.17, 15) is 13.2 Å². The van der Waals surface area contributed by atoms with Crippen LogP contribution in [0.2, 0.25) is 10.0 Å². The van der Waals surface area contributed by atoms with E-state index in [2.05, 4.69) is 10.3 Å². The summed E-state index contributed by atoms with van der Waals surface area (Å²) in [5.41, 5.74) is 4.68. The van der Waals surface area contributed by atoms with Gasteiger partial charge in [0.15, 0.2) is 0 Å². The fourth-order valence-electron chi connectivity index (χ4n) is 5.34. The number of rotatable bonds is 2. The van der Waals surface area contributed by atoms with Gasteiger partial charge in [-0.05, 0) is 53.6 Å². The van der Waals surface area contributed by atoms with Crippen LogP contribution in [-0.2, 0) is 6.18 Å². The first-order valence-electron chi connectivity index (χ1n) is 11.5. The zero-order valence-corrected chi connectivity index (χ0v) is 20.4. The van der Waals surface area contributed by atoms with E-state index in [-0.39, 0.29) is 5.52 Å². The van der Waals surface area contributed by atoms with Crippen LogP contribution < -0.4 is 5.32 Å². The van der Waals surface area contributed by atoms with Crippen molar-refractivity contribution in [2.24, 2.45) is 0 Å². The Kier molecular flexibility index (Phi) is 4.78. The lowest BCUT2D eigenvalue weighted by atomic mass is 9.95. The van der Waals surface area contributed by atoms with E-state index in [0.29, 0.717) is 26.8 Å². The number of halogens is 5. The third kappa shape index (κ3) is 3.47. The fraction of sp³-hybridized carbons (Fsp3) is 0.0690. The minimum Gasteiger partial charge on any atom is -0.374 e. The highest BCUT2D eigenvalue weighted by Crippen LogP contribution is 2.48. The number of aromatic amines is 1. The molecule has 37 heavy (non-hydrogen) atoms. The molecule has 0 saturated heterocycles.